The maximum atomic E-state index is 10.1. The van der Waals surface area contributed by atoms with Gasteiger partial charge in [-0.3, -0.25) is 0 Å². The molecule has 5 nitrogen and oxygen atoms in total. The van der Waals surface area contributed by atoms with Crippen molar-refractivity contribution in [2.24, 2.45) is 0 Å². The zero-order valence-corrected chi connectivity index (χ0v) is 29.5. The maximum Gasteiger partial charge on any atom is 0.0992 e. The minimum Gasteiger partial charge on any atom is -0.309 e. The molecule has 0 N–H and O–H groups in total. The van der Waals surface area contributed by atoms with Crippen LogP contribution in [0.4, 0.5) is 0 Å². The van der Waals surface area contributed by atoms with Gasteiger partial charge in [-0.25, -0.2) is 0 Å². The molecule has 3 aromatic heterocycles. The Bertz CT molecular complexity index is 3350. The summed E-state index contributed by atoms with van der Waals surface area (Å²) in [6, 6.07) is 66.0. The molecule has 0 amide bonds. The van der Waals surface area contributed by atoms with Crippen molar-refractivity contribution in [1.29, 1.82) is 10.5 Å². The molecular formula is C50H29N5. The summed E-state index contributed by atoms with van der Waals surface area (Å²) in [6.07, 6.45) is 0. The predicted molar refractivity (Wildman–Crippen MR) is 224 cm³/mol. The molecule has 3 heterocycles. The molecule has 0 aliphatic heterocycles. The van der Waals surface area contributed by atoms with Crippen LogP contribution in [0.25, 0.3) is 93.6 Å². The number of aromatic nitrogens is 3. The van der Waals surface area contributed by atoms with E-state index in [4.69, 9.17) is 0 Å². The summed E-state index contributed by atoms with van der Waals surface area (Å²) in [4.78, 5) is 0. The Morgan fingerprint density at radius 1 is 0.327 bits per heavy atom. The molecule has 0 aliphatic rings. The first-order chi connectivity index (χ1) is 27.2. The standard InChI is InChI=1S/C50H29N5/c51-30-32-18-25-48-42(27-32)43-29-36(54-46-15-7-3-11-40(46)41-12-4-8-16-47(41)54)23-26-49(43)55(48)50-28-33(31-52)17-24-37(50)34-19-21-35(22-20-34)53-44-13-5-1-9-38(44)39-10-2-6-14-45(39)53/h1-29H. The first-order valence-corrected chi connectivity index (χ1v) is 18.3. The molecule has 0 fully saturated rings. The first kappa shape index (κ1) is 30.7. The van der Waals surface area contributed by atoms with Crippen LogP contribution in [0.3, 0.4) is 0 Å². The number of rotatable bonds is 4. The highest BCUT2D eigenvalue weighted by Gasteiger charge is 2.20. The Morgan fingerprint density at radius 2 is 0.745 bits per heavy atom. The van der Waals surface area contributed by atoms with E-state index in [0.717, 1.165) is 72.1 Å². The van der Waals surface area contributed by atoms with Gasteiger partial charge in [0.2, 0.25) is 0 Å². The third-order valence-corrected chi connectivity index (χ3v) is 11.1. The van der Waals surface area contributed by atoms with Crippen molar-refractivity contribution in [1.82, 2.24) is 13.7 Å². The van der Waals surface area contributed by atoms with Crippen LogP contribution in [0.1, 0.15) is 11.1 Å². The van der Waals surface area contributed by atoms with Crippen molar-refractivity contribution in [2.75, 3.05) is 0 Å². The van der Waals surface area contributed by atoms with E-state index in [1.54, 1.807) is 0 Å². The SMILES string of the molecule is N#Cc1ccc(-c2ccc(-n3c4ccccc4c4ccccc43)cc2)c(-n2c3ccc(C#N)cc3c3cc(-n4c5ccccc5c5ccccc54)ccc32)c1. The minimum atomic E-state index is 0.575. The van der Waals surface area contributed by atoms with Crippen molar-refractivity contribution < 1.29 is 0 Å². The second-order valence-electron chi connectivity index (χ2n) is 14.0. The lowest BCUT2D eigenvalue weighted by atomic mass is 10.0. The number of nitriles is 2. The third kappa shape index (κ3) is 4.51. The second kappa shape index (κ2) is 11.8. The molecule has 0 atom stereocenters. The summed E-state index contributed by atoms with van der Waals surface area (Å²) in [5, 5.41) is 27.0. The van der Waals surface area contributed by atoms with Gasteiger partial charge < -0.3 is 13.7 Å². The summed E-state index contributed by atoms with van der Waals surface area (Å²) in [6.45, 7) is 0. The van der Waals surface area contributed by atoms with Gasteiger partial charge in [0, 0.05) is 49.3 Å². The van der Waals surface area contributed by atoms with Crippen molar-refractivity contribution in [3.05, 3.63) is 187 Å². The van der Waals surface area contributed by atoms with E-state index in [-0.39, 0.29) is 0 Å². The molecule has 0 radical (unpaired) electrons. The van der Waals surface area contributed by atoms with Gasteiger partial charge in [0.1, 0.15) is 0 Å². The smallest absolute Gasteiger partial charge is 0.0992 e. The summed E-state index contributed by atoms with van der Waals surface area (Å²) < 4.78 is 6.89. The van der Waals surface area contributed by atoms with Crippen molar-refractivity contribution >= 4 is 65.4 Å². The van der Waals surface area contributed by atoms with Crippen LogP contribution in [0.2, 0.25) is 0 Å². The Kier molecular flexibility index (Phi) is 6.61. The van der Waals surface area contributed by atoms with Crippen molar-refractivity contribution in [3.63, 3.8) is 0 Å². The summed E-state index contributed by atoms with van der Waals surface area (Å²) >= 11 is 0. The zero-order chi connectivity index (χ0) is 36.6. The lowest BCUT2D eigenvalue weighted by Crippen LogP contribution is -1.99. The van der Waals surface area contributed by atoms with Gasteiger partial charge >= 0.3 is 0 Å². The van der Waals surface area contributed by atoms with Gasteiger partial charge in [-0.1, -0.05) is 91.0 Å². The number of fused-ring (bicyclic) bond motifs is 9. The normalized spacial score (nSPS) is 11.6. The molecule has 0 saturated carbocycles. The Labute approximate surface area is 316 Å². The van der Waals surface area contributed by atoms with E-state index in [1.165, 1.54) is 21.5 Å². The van der Waals surface area contributed by atoms with Crippen LogP contribution >= 0.6 is 0 Å². The summed E-state index contributed by atoms with van der Waals surface area (Å²) in [5.41, 5.74) is 12.8. The van der Waals surface area contributed by atoms with E-state index in [0.29, 0.717) is 11.1 Å². The number of benzene rings is 8. The Morgan fingerprint density at radius 3 is 1.29 bits per heavy atom. The molecule has 11 rings (SSSR count). The number of para-hydroxylation sites is 4. The van der Waals surface area contributed by atoms with Gasteiger partial charge in [-0.2, -0.15) is 10.5 Å². The highest BCUT2D eigenvalue weighted by atomic mass is 15.0. The Balaban J connectivity index is 1.13. The van der Waals surface area contributed by atoms with E-state index in [1.807, 2.05) is 30.3 Å². The van der Waals surface area contributed by atoms with Crippen LogP contribution in [0.15, 0.2) is 176 Å². The fraction of sp³-hybridized carbons (Fsp3) is 0. The Hall–Kier alpha value is -7.86. The molecule has 55 heavy (non-hydrogen) atoms. The van der Waals surface area contributed by atoms with Crippen molar-refractivity contribution in [2.45, 2.75) is 0 Å². The largest absolute Gasteiger partial charge is 0.309 e. The van der Waals surface area contributed by atoms with Gasteiger partial charge in [0.25, 0.3) is 0 Å². The highest BCUT2D eigenvalue weighted by Crippen LogP contribution is 2.40. The molecule has 0 aliphatic carbocycles. The minimum absolute atomic E-state index is 0.575. The molecule has 254 valence electrons. The predicted octanol–water partition coefficient (Wildman–Crippen LogP) is 12.4. The van der Waals surface area contributed by atoms with Gasteiger partial charge in [0.05, 0.1) is 62.1 Å². The topological polar surface area (TPSA) is 62.4 Å². The van der Waals surface area contributed by atoms with E-state index < -0.39 is 0 Å². The lowest BCUT2D eigenvalue weighted by molar-refractivity contribution is 1.16. The fourth-order valence-corrected chi connectivity index (χ4v) is 8.70. The molecule has 11 aromatic rings. The van der Waals surface area contributed by atoms with Crippen LogP contribution < -0.4 is 0 Å². The fourth-order valence-electron chi connectivity index (χ4n) is 8.70. The van der Waals surface area contributed by atoms with Crippen LogP contribution in [0.5, 0.6) is 0 Å². The van der Waals surface area contributed by atoms with Gasteiger partial charge in [-0.15, -0.1) is 0 Å². The lowest BCUT2D eigenvalue weighted by Gasteiger charge is -2.16. The average Bonchev–Trinajstić information content (AvgIpc) is 3.89. The first-order valence-electron chi connectivity index (χ1n) is 18.3. The summed E-state index contributed by atoms with van der Waals surface area (Å²) in [5.74, 6) is 0. The second-order valence-corrected chi connectivity index (χ2v) is 14.0. The molecule has 0 spiro atoms. The van der Waals surface area contributed by atoms with E-state index in [9.17, 15) is 10.5 Å². The van der Waals surface area contributed by atoms with Crippen molar-refractivity contribution in [3.8, 4) is 40.3 Å². The summed E-state index contributed by atoms with van der Waals surface area (Å²) in [7, 11) is 0. The monoisotopic (exact) mass is 699 g/mol. The molecule has 0 unspecified atom stereocenters. The van der Waals surface area contributed by atoms with Crippen LogP contribution in [-0.4, -0.2) is 13.7 Å². The number of hydrogen-bond acceptors (Lipinski definition) is 2. The maximum absolute atomic E-state index is 10.1. The number of nitrogens with zero attached hydrogens (tertiary/aromatic N) is 5. The number of hydrogen-bond donors (Lipinski definition) is 0. The molecule has 5 heteroatoms. The van der Waals surface area contributed by atoms with E-state index >= 15 is 0 Å². The molecule has 0 bridgehead atoms. The average molecular weight is 700 g/mol. The van der Waals surface area contributed by atoms with E-state index in [2.05, 4.69) is 171 Å². The molecular weight excluding hydrogens is 671 g/mol. The third-order valence-electron chi connectivity index (χ3n) is 11.1. The van der Waals surface area contributed by atoms with Crippen LogP contribution in [0, 0.1) is 22.7 Å². The highest BCUT2D eigenvalue weighted by molar-refractivity contribution is 6.13. The van der Waals surface area contributed by atoms with Gasteiger partial charge in [-0.05, 0) is 90.5 Å². The zero-order valence-electron chi connectivity index (χ0n) is 29.5. The molecule has 8 aromatic carbocycles. The molecule has 0 saturated heterocycles. The quantitative estimate of drug-likeness (QED) is 0.184. The van der Waals surface area contributed by atoms with Gasteiger partial charge in [0.15, 0.2) is 0 Å². The van der Waals surface area contributed by atoms with Crippen LogP contribution in [-0.2, 0) is 0 Å².